The van der Waals surface area contributed by atoms with Gasteiger partial charge in [-0.1, -0.05) is 40.9 Å². The molecule has 1 N–H and O–H groups in total. The van der Waals surface area contributed by atoms with Gasteiger partial charge in [-0.15, -0.1) is 0 Å². The zero-order valence-electron chi connectivity index (χ0n) is 13.5. The number of carbonyl (C=O) groups is 1. The molecule has 3 nitrogen and oxygen atoms in total. The number of nitrogens with zero attached hydrogens (tertiary/aromatic N) is 1. The lowest BCUT2D eigenvalue weighted by molar-refractivity contribution is -0.137. The Bertz CT molecular complexity index is 792. The van der Waals surface area contributed by atoms with E-state index >= 15 is 0 Å². The fraction of sp³-hybridized carbons (Fsp3) is 0.235. The summed E-state index contributed by atoms with van der Waals surface area (Å²) >= 11 is 17.7. The van der Waals surface area contributed by atoms with E-state index in [0.717, 1.165) is 11.6 Å². The Balaban J connectivity index is 2.07. The van der Waals surface area contributed by atoms with E-state index in [1.165, 1.54) is 12.1 Å². The van der Waals surface area contributed by atoms with Crippen molar-refractivity contribution in [1.29, 1.82) is 0 Å². The predicted molar refractivity (Wildman–Crippen MR) is 97.9 cm³/mol. The van der Waals surface area contributed by atoms with Crippen molar-refractivity contribution >= 4 is 46.4 Å². The van der Waals surface area contributed by atoms with Crippen LogP contribution < -0.4 is 5.32 Å². The first-order valence-electron chi connectivity index (χ1n) is 7.35. The Morgan fingerprint density at radius 3 is 2.31 bits per heavy atom. The van der Waals surface area contributed by atoms with E-state index in [4.69, 9.17) is 34.8 Å². The first kappa shape index (κ1) is 20.8. The molecule has 0 spiro atoms. The quantitative estimate of drug-likeness (QED) is 0.663. The topological polar surface area (TPSA) is 32.3 Å². The minimum absolute atomic E-state index is 0.146. The molecule has 2 rings (SSSR count). The molecule has 140 valence electrons. The number of nitrogens with one attached hydrogen (secondary N) is 1. The van der Waals surface area contributed by atoms with Crippen LogP contribution in [0.1, 0.15) is 11.1 Å². The van der Waals surface area contributed by atoms with Crippen LogP contribution in [0.25, 0.3) is 0 Å². The Hall–Kier alpha value is -1.47. The normalized spacial score (nSPS) is 11.7. The average molecular weight is 426 g/mol. The second-order valence-electron chi connectivity index (χ2n) is 5.66. The molecule has 0 heterocycles. The minimum atomic E-state index is -4.63. The second kappa shape index (κ2) is 8.48. The molecule has 0 saturated heterocycles. The lowest BCUT2D eigenvalue weighted by Crippen LogP contribution is -2.30. The van der Waals surface area contributed by atoms with Gasteiger partial charge in [0, 0.05) is 16.6 Å². The van der Waals surface area contributed by atoms with Crippen LogP contribution in [-0.2, 0) is 17.5 Å². The number of benzene rings is 2. The molecule has 0 atom stereocenters. The van der Waals surface area contributed by atoms with Crippen molar-refractivity contribution in [2.45, 2.75) is 12.7 Å². The van der Waals surface area contributed by atoms with Gasteiger partial charge in [-0.2, -0.15) is 13.2 Å². The molecule has 0 aliphatic rings. The number of carbonyl (C=O) groups excluding carboxylic acids is 1. The van der Waals surface area contributed by atoms with E-state index in [1.54, 1.807) is 30.1 Å². The summed E-state index contributed by atoms with van der Waals surface area (Å²) in [4.78, 5) is 13.8. The highest BCUT2D eigenvalue weighted by Crippen LogP contribution is 2.38. The largest absolute Gasteiger partial charge is 0.418 e. The summed E-state index contributed by atoms with van der Waals surface area (Å²) in [5.74, 6) is -0.626. The van der Waals surface area contributed by atoms with Gasteiger partial charge < -0.3 is 5.32 Å². The number of hydrogen-bond acceptors (Lipinski definition) is 2. The predicted octanol–water partition coefficient (Wildman–Crippen LogP) is 5.74. The molecule has 1 amide bonds. The summed E-state index contributed by atoms with van der Waals surface area (Å²) < 4.78 is 39.2. The summed E-state index contributed by atoms with van der Waals surface area (Å²) in [5, 5.41) is 2.97. The van der Waals surface area contributed by atoms with Crippen LogP contribution in [0.5, 0.6) is 0 Å². The maximum atomic E-state index is 13.1. The van der Waals surface area contributed by atoms with Gasteiger partial charge in [0.05, 0.1) is 22.8 Å². The molecular weight excluding hydrogens is 412 g/mol. The standard InChI is InChI=1S/C17H14Cl3F3N2O/c1-25(8-10-5-11(18)7-12(19)6-10)9-15(26)24-16-13(17(21,22)23)3-2-4-14(16)20/h2-7H,8-9H2,1H3,(H,24,26). The molecule has 0 aromatic heterocycles. The van der Waals surface area contributed by atoms with Gasteiger partial charge in [0.25, 0.3) is 0 Å². The molecule has 2 aromatic rings. The Labute approximate surface area is 163 Å². The molecule has 0 radical (unpaired) electrons. The van der Waals surface area contributed by atoms with E-state index in [-0.39, 0.29) is 11.6 Å². The summed E-state index contributed by atoms with van der Waals surface area (Å²) in [6, 6.07) is 8.28. The van der Waals surface area contributed by atoms with Crippen LogP contribution in [0.3, 0.4) is 0 Å². The zero-order chi connectivity index (χ0) is 19.5. The van der Waals surface area contributed by atoms with E-state index in [2.05, 4.69) is 5.32 Å². The van der Waals surface area contributed by atoms with Crippen molar-refractivity contribution in [3.63, 3.8) is 0 Å². The Morgan fingerprint density at radius 1 is 1.12 bits per heavy atom. The lowest BCUT2D eigenvalue weighted by atomic mass is 10.1. The Morgan fingerprint density at radius 2 is 1.73 bits per heavy atom. The van der Waals surface area contributed by atoms with Crippen LogP contribution >= 0.6 is 34.8 Å². The second-order valence-corrected chi connectivity index (χ2v) is 6.94. The van der Waals surface area contributed by atoms with Crippen LogP contribution in [-0.4, -0.2) is 24.4 Å². The number of halogens is 6. The van der Waals surface area contributed by atoms with Gasteiger partial charge in [0.2, 0.25) is 5.91 Å². The van der Waals surface area contributed by atoms with Crippen molar-refractivity contribution in [3.8, 4) is 0 Å². The van der Waals surface area contributed by atoms with Crippen molar-refractivity contribution in [2.75, 3.05) is 18.9 Å². The molecule has 0 aliphatic heterocycles. The number of likely N-dealkylation sites (N-methyl/N-ethyl adjacent to an activating group) is 1. The maximum absolute atomic E-state index is 13.1. The fourth-order valence-electron chi connectivity index (χ4n) is 2.38. The monoisotopic (exact) mass is 424 g/mol. The smallest absolute Gasteiger partial charge is 0.323 e. The van der Waals surface area contributed by atoms with Gasteiger partial charge in [0.1, 0.15) is 0 Å². The summed E-state index contributed by atoms with van der Waals surface area (Å²) in [5.41, 5.74) is -0.681. The van der Waals surface area contributed by atoms with Gasteiger partial charge in [-0.3, -0.25) is 9.69 Å². The van der Waals surface area contributed by atoms with Gasteiger partial charge in [-0.05, 0) is 42.9 Å². The number of amides is 1. The minimum Gasteiger partial charge on any atom is -0.323 e. The van der Waals surface area contributed by atoms with Crippen molar-refractivity contribution in [2.24, 2.45) is 0 Å². The number of hydrogen-bond donors (Lipinski definition) is 1. The molecule has 0 unspecified atom stereocenters. The fourth-order valence-corrected chi connectivity index (χ4v) is 3.17. The molecule has 0 aliphatic carbocycles. The first-order chi connectivity index (χ1) is 12.1. The van der Waals surface area contributed by atoms with Crippen molar-refractivity contribution in [1.82, 2.24) is 4.90 Å². The molecule has 9 heteroatoms. The molecule has 0 bridgehead atoms. The average Bonchev–Trinajstić information content (AvgIpc) is 2.46. The van der Waals surface area contributed by atoms with Crippen LogP contribution in [0, 0.1) is 0 Å². The number of rotatable bonds is 5. The molecule has 26 heavy (non-hydrogen) atoms. The van der Waals surface area contributed by atoms with E-state index in [0.29, 0.717) is 16.6 Å². The highest BCUT2D eigenvalue weighted by molar-refractivity contribution is 6.34. The zero-order valence-corrected chi connectivity index (χ0v) is 15.8. The molecule has 0 fully saturated rings. The van der Waals surface area contributed by atoms with Crippen LogP contribution in [0.2, 0.25) is 15.1 Å². The highest BCUT2D eigenvalue weighted by Gasteiger charge is 2.34. The van der Waals surface area contributed by atoms with Crippen molar-refractivity contribution in [3.05, 3.63) is 62.6 Å². The first-order valence-corrected chi connectivity index (χ1v) is 8.48. The third-order valence-corrected chi connectivity index (χ3v) is 4.12. The van der Waals surface area contributed by atoms with Crippen LogP contribution in [0.15, 0.2) is 36.4 Å². The maximum Gasteiger partial charge on any atom is 0.418 e. The summed E-state index contributed by atoms with van der Waals surface area (Å²) in [6.45, 7) is 0.189. The van der Waals surface area contributed by atoms with Gasteiger partial charge >= 0.3 is 6.18 Å². The number of anilines is 1. The third kappa shape index (κ3) is 5.77. The van der Waals surface area contributed by atoms with E-state index < -0.39 is 23.3 Å². The summed E-state index contributed by atoms with van der Waals surface area (Å²) in [7, 11) is 1.64. The highest BCUT2D eigenvalue weighted by atomic mass is 35.5. The van der Waals surface area contributed by atoms with E-state index in [9.17, 15) is 18.0 Å². The molecule has 2 aromatic carbocycles. The molecular formula is C17H14Cl3F3N2O. The Kier molecular flexibility index (Phi) is 6.80. The van der Waals surface area contributed by atoms with Gasteiger partial charge in [-0.25, -0.2) is 0 Å². The number of para-hydroxylation sites is 1. The lowest BCUT2D eigenvalue weighted by Gasteiger charge is -2.19. The number of alkyl halides is 3. The van der Waals surface area contributed by atoms with Crippen LogP contribution in [0.4, 0.5) is 18.9 Å². The third-order valence-electron chi connectivity index (χ3n) is 3.37. The SMILES string of the molecule is CN(CC(=O)Nc1c(Cl)cccc1C(F)(F)F)Cc1cc(Cl)cc(Cl)c1. The van der Waals surface area contributed by atoms with Gasteiger partial charge in [0.15, 0.2) is 0 Å². The molecule has 0 saturated carbocycles. The summed E-state index contributed by atoms with van der Waals surface area (Å²) in [6.07, 6.45) is -4.63. The van der Waals surface area contributed by atoms with Crippen molar-refractivity contribution < 1.29 is 18.0 Å². The van der Waals surface area contributed by atoms with E-state index in [1.807, 2.05) is 0 Å².